The number of carbonyl (C=O) groups is 1. The summed E-state index contributed by atoms with van der Waals surface area (Å²) in [7, 11) is 0. The van der Waals surface area contributed by atoms with Gasteiger partial charge in [0.15, 0.2) is 12.4 Å². The zero-order valence-electron chi connectivity index (χ0n) is 17.2. The molecule has 1 aromatic carbocycles. The molecule has 1 aliphatic rings. The Labute approximate surface area is 185 Å². The van der Waals surface area contributed by atoms with Crippen molar-refractivity contribution in [1.29, 1.82) is 0 Å². The fourth-order valence-electron chi connectivity index (χ4n) is 3.20. The lowest BCUT2D eigenvalue weighted by molar-refractivity contribution is -0.242. The SMILES string of the molecule is CCC(=O)OC(C(=Cc1ccc(Cl)cc1Cl)n1cncn1)C1(C)COC(CC)OC1. The maximum absolute atomic E-state index is 12.3. The number of ether oxygens (including phenoxy) is 3. The summed E-state index contributed by atoms with van der Waals surface area (Å²) in [6.45, 7) is 6.41. The molecule has 7 nitrogen and oxygen atoms in total. The van der Waals surface area contributed by atoms with Crippen LogP contribution in [-0.2, 0) is 19.0 Å². The number of aromatic nitrogens is 3. The first kappa shape index (κ1) is 22.7. The van der Waals surface area contributed by atoms with E-state index in [0.717, 1.165) is 6.42 Å². The predicted molar refractivity (Wildman–Crippen MR) is 115 cm³/mol. The summed E-state index contributed by atoms with van der Waals surface area (Å²) >= 11 is 12.4. The van der Waals surface area contributed by atoms with Crippen LogP contribution in [0.1, 0.15) is 39.2 Å². The second-order valence-electron chi connectivity index (χ2n) is 7.41. The second kappa shape index (κ2) is 9.92. The monoisotopic (exact) mass is 453 g/mol. The van der Waals surface area contributed by atoms with E-state index in [4.69, 9.17) is 37.4 Å². The van der Waals surface area contributed by atoms with E-state index < -0.39 is 11.5 Å². The van der Waals surface area contributed by atoms with E-state index in [1.165, 1.54) is 6.33 Å². The van der Waals surface area contributed by atoms with Gasteiger partial charge in [0.05, 0.1) is 24.3 Å². The summed E-state index contributed by atoms with van der Waals surface area (Å²) in [5.74, 6) is -0.341. The van der Waals surface area contributed by atoms with Crippen molar-refractivity contribution in [3.63, 3.8) is 0 Å². The van der Waals surface area contributed by atoms with E-state index in [-0.39, 0.29) is 18.7 Å². The standard InChI is InChI=1S/C21H25Cl2N3O4/c1-4-18(27)30-20(21(3)10-28-19(5-2)29-11-21)17(26-13-24-12-25-26)8-14-6-7-15(22)9-16(14)23/h6-9,12-13,19-20H,4-5,10-11H2,1-3H3. The van der Waals surface area contributed by atoms with Gasteiger partial charge in [-0.2, -0.15) is 5.10 Å². The summed E-state index contributed by atoms with van der Waals surface area (Å²) in [5.41, 5.74) is 0.646. The summed E-state index contributed by atoms with van der Waals surface area (Å²) in [4.78, 5) is 16.4. The van der Waals surface area contributed by atoms with Gasteiger partial charge < -0.3 is 14.2 Å². The highest BCUT2D eigenvalue weighted by molar-refractivity contribution is 6.35. The van der Waals surface area contributed by atoms with Crippen molar-refractivity contribution >= 4 is 40.9 Å². The fourth-order valence-corrected chi connectivity index (χ4v) is 3.66. The van der Waals surface area contributed by atoms with Gasteiger partial charge in [-0.1, -0.05) is 50.0 Å². The molecule has 1 atom stereocenters. The van der Waals surface area contributed by atoms with Crippen molar-refractivity contribution in [2.75, 3.05) is 13.2 Å². The van der Waals surface area contributed by atoms with Gasteiger partial charge in [-0.25, -0.2) is 9.67 Å². The minimum atomic E-state index is -0.712. The molecule has 1 saturated heterocycles. The quantitative estimate of drug-likeness (QED) is 0.565. The van der Waals surface area contributed by atoms with Gasteiger partial charge in [0, 0.05) is 16.5 Å². The molecule has 3 rings (SSSR count). The van der Waals surface area contributed by atoms with Gasteiger partial charge in [-0.3, -0.25) is 4.79 Å². The lowest BCUT2D eigenvalue weighted by Gasteiger charge is -2.42. The van der Waals surface area contributed by atoms with Gasteiger partial charge in [0.1, 0.15) is 12.7 Å². The number of rotatable bonds is 7. The highest BCUT2D eigenvalue weighted by Crippen LogP contribution is 2.37. The fraction of sp³-hybridized carbons (Fsp3) is 0.476. The van der Waals surface area contributed by atoms with Crippen LogP contribution >= 0.6 is 23.2 Å². The van der Waals surface area contributed by atoms with Crippen LogP contribution < -0.4 is 0 Å². The summed E-state index contributed by atoms with van der Waals surface area (Å²) < 4.78 is 19.2. The number of halogens is 2. The molecular formula is C21H25Cl2N3O4. The van der Waals surface area contributed by atoms with E-state index in [9.17, 15) is 4.79 Å². The Bertz CT molecular complexity index is 894. The highest BCUT2D eigenvalue weighted by Gasteiger charge is 2.44. The van der Waals surface area contributed by atoms with Gasteiger partial charge >= 0.3 is 5.97 Å². The molecule has 0 aliphatic carbocycles. The molecule has 1 unspecified atom stereocenters. The first-order valence-electron chi connectivity index (χ1n) is 9.80. The lowest BCUT2D eigenvalue weighted by atomic mass is 9.82. The van der Waals surface area contributed by atoms with Crippen LogP contribution in [0.2, 0.25) is 10.0 Å². The zero-order chi connectivity index (χ0) is 21.7. The third kappa shape index (κ3) is 5.21. The van der Waals surface area contributed by atoms with Gasteiger partial charge in [0.25, 0.3) is 0 Å². The van der Waals surface area contributed by atoms with Crippen LogP contribution in [0.4, 0.5) is 0 Å². The molecule has 1 aliphatic heterocycles. The first-order chi connectivity index (χ1) is 14.4. The maximum atomic E-state index is 12.3. The van der Waals surface area contributed by atoms with Gasteiger partial charge in [0.2, 0.25) is 0 Å². The molecule has 0 spiro atoms. The molecule has 1 fully saturated rings. The molecule has 0 radical (unpaired) electrons. The van der Waals surface area contributed by atoms with Crippen LogP contribution in [0.5, 0.6) is 0 Å². The molecule has 0 saturated carbocycles. The Morgan fingerprint density at radius 3 is 2.67 bits per heavy atom. The van der Waals surface area contributed by atoms with Crippen molar-refractivity contribution in [3.8, 4) is 0 Å². The normalized spacial score (nSPS) is 23.2. The van der Waals surface area contributed by atoms with E-state index in [2.05, 4.69) is 10.1 Å². The second-order valence-corrected chi connectivity index (χ2v) is 8.26. The Balaban J connectivity index is 2.07. The van der Waals surface area contributed by atoms with Gasteiger partial charge in [-0.15, -0.1) is 0 Å². The minimum Gasteiger partial charge on any atom is -0.455 e. The minimum absolute atomic E-state index is 0.234. The van der Waals surface area contributed by atoms with E-state index in [1.54, 1.807) is 36.1 Å². The zero-order valence-corrected chi connectivity index (χ0v) is 18.7. The molecule has 0 amide bonds. The molecule has 30 heavy (non-hydrogen) atoms. The van der Waals surface area contributed by atoms with Crippen molar-refractivity contribution in [1.82, 2.24) is 14.8 Å². The molecule has 162 valence electrons. The molecule has 9 heteroatoms. The van der Waals surface area contributed by atoms with Crippen molar-refractivity contribution < 1.29 is 19.0 Å². The predicted octanol–water partition coefficient (Wildman–Crippen LogP) is 4.69. The number of benzene rings is 1. The number of esters is 1. The van der Waals surface area contributed by atoms with Crippen LogP contribution in [0, 0.1) is 5.41 Å². The van der Waals surface area contributed by atoms with Crippen LogP contribution in [0.3, 0.4) is 0 Å². The number of hydrogen-bond acceptors (Lipinski definition) is 6. The Hall–Kier alpha value is -1.93. The third-order valence-electron chi connectivity index (χ3n) is 4.92. The largest absolute Gasteiger partial charge is 0.455 e. The Morgan fingerprint density at radius 1 is 1.37 bits per heavy atom. The molecule has 0 bridgehead atoms. The smallest absolute Gasteiger partial charge is 0.306 e. The Kier molecular flexibility index (Phi) is 7.52. The first-order valence-corrected chi connectivity index (χ1v) is 10.6. The lowest BCUT2D eigenvalue weighted by Crippen LogP contribution is -2.50. The van der Waals surface area contributed by atoms with E-state index >= 15 is 0 Å². The van der Waals surface area contributed by atoms with Crippen LogP contribution in [-0.4, -0.2) is 46.3 Å². The van der Waals surface area contributed by atoms with E-state index in [0.29, 0.717) is 34.5 Å². The average Bonchev–Trinajstić information content (AvgIpc) is 3.27. The van der Waals surface area contributed by atoms with Crippen LogP contribution in [0.15, 0.2) is 30.9 Å². The molecular weight excluding hydrogens is 429 g/mol. The number of carbonyl (C=O) groups excluding carboxylic acids is 1. The van der Waals surface area contributed by atoms with Crippen molar-refractivity contribution in [3.05, 3.63) is 46.5 Å². The summed E-state index contributed by atoms with van der Waals surface area (Å²) in [6, 6.07) is 5.19. The average molecular weight is 454 g/mol. The number of hydrogen-bond donors (Lipinski definition) is 0. The third-order valence-corrected chi connectivity index (χ3v) is 5.48. The summed E-state index contributed by atoms with van der Waals surface area (Å²) in [6.07, 6.45) is 4.77. The molecule has 1 aromatic heterocycles. The highest BCUT2D eigenvalue weighted by atomic mass is 35.5. The maximum Gasteiger partial charge on any atom is 0.306 e. The van der Waals surface area contributed by atoms with E-state index in [1.807, 2.05) is 19.9 Å². The molecule has 2 aromatic rings. The Morgan fingerprint density at radius 2 is 2.10 bits per heavy atom. The van der Waals surface area contributed by atoms with Crippen LogP contribution in [0.25, 0.3) is 11.8 Å². The summed E-state index contributed by atoms with van der Waals surface area (Å²) in [5, 5.41) is 5.26. The van der Waals surface area contributed by atoms with Crippen molar-refractivity contribution in [2.24, 2.45) is 5.41 Å². The number of nitrogens with zero attached hydrogens (tertiary/aromatic N) is 3. The molecule has 2 heterocycles. The van der Waals surface area contributed by atoms with Crippen molar-refractivity contribution in [2.45, 2.75) is 46.0 Å². The van der Waals surface area contributed by atoms with Gasteiger partial charge in [-0.05, 0) is 30.2 Å². The topological polar surface area (TPSA) is 75.5 Å². The molecule has 0 N–H and O–H groups in total.